The fourth-order valence-electron chi connectivity index (χ4n) is 7.27. The highest BCUT2D eigenvalue weighted by Crippen LogP contribution is 2.45. The maximum Gasteiger partial charge on any atom is 0.410 e. The fraction of sp³-hybridized carbons (Fsp3) is 0.283. The van der Waals surface area contributed by atoms with E-state index >= 15 is 8.42 Å². The van der Waals surface area contributed by atoms with Gasteiger partial charge in [-0.05, 0) is 108 Å². The molecule has 1 saturated heterocycles. The number of rotatable bonds is 15. The Hall–Kier alpha value is -6.63. The van der Waals surface area contributed by atoms with E-state index in [4.69, 9.17) is 29.8 Å². The largest absolute Gasteiger partial charge is 0.497 e. The molecule has 1 amide bonds. The zero-order valence-electron chi connectivity index (χ0n) is 36.3. The maximum absolute atomic E-state index is 16.0. The van der Waals surface area contributed by atoms with Crippen molar-refractivity contribution in [2.24, 2.45) is 0 Å². The highest BCUT2D eigenvalue weighted by Gasteiger charge is 2.39. The van der Waals surface area contributed by atoms with Crippen LogP contribution in [0.25, 0.3) is 33.5 Å². The second-order valence-electron chi connectivity index (χ2n) is 16.3. The number of carbonyl (C=O) groups excluding carboxylic acids is 1. The number of hydrogen-bond donors (Lipinski definition) is 2. The van der Waals surface area contributed by atoms with Gasteiger partial charge in [0.2, 0.25) is 15.8 Å². The lowest BCUT2D eigenvalue weighted by molar-refractivity contribution is 0.0143. The summed E-state index contributed by atoms with van der Waals surface area (Å²) < 4.78 is 55.3. The lowest BCUT2D eigenvalue weighted by Crippen LogP contribution is -2.53. The van der Waals surface area contributed by atoms with Crippen LogP contribution in [0.3, 0.4) is 0 Å². The van der Waals surface area contributed by atoms with Gasteiger partial charge in [0.05, 0.1) is 44.5 Å². The number of thioether (sulfide) groups is 1. The van der Waals surface area contributed by atoms with Crippen molar-refractivity contribution in [3.05, 3.63) is 120 Å². The van der Waals surface area contributed by atoms with Crippen LogP contribution in [0.5, 0.6) is 17.2 Å². The van der Waals surface area contributed by atoms with Gasteiger partial charge >= 0.3 is 6.09 Å². The number of H-pyrrole nitrogens is 1. The molecule has 5 aromatic carbocycles. The number of nitrogens with one attached hydrogen (secondary N) is 1. The van der Waals surface area contributed by atoms with E-state index < -0.39 is 21.7 Å². The number of aromatic amines is 1. The summed E-state index contributed by atoms with van der Waals surface area (Å²) in [6, 6.07) is 31.4. The number of carbonyl (C=O) groups is 1. The number of anilines is 1. The van der Waals surface area contributed by atoms with Gasteiger partial charge in [-0.3, -0.25) is 0 Å². The minimum absolute atomic E-state index is 0.000889. The lowest BCUT2D eigenvalue weighted by Gasteiger charge is -2.39. The Labute approximate surface area is 375 Å². The third-order valence-electron chi connectivity index (χ3n) is 10.5. The molecule has 64 heavy (non-hydrogen) atoms. The van der Waals surface area contributed by atoms with Crippen LogP contribution in [0.2, 0.25) is 0 Å². The average Bonchev–Trinajstić information content (AvgIpc) is 3.89. The van der Waals surface area contributed by atoms with Crippen molar-refractivity contribution < 1.29 is 32.2 Å². The zero-order chi connectivity index (χ0) is 45.2. The van der Waals surface area contributed by atoms with Crippen LogP contribution in [0.1, 0.15) is 37.5 Å². The molecule has 3 heterocycles. The molecule has 8 rings (SSSR count). The van der Waals surface area contributed by atoms with E-state index in [0.29, 0.717) is 57.4 Å². The predicted molar refractivity (Wildman–Crippen MR) is 245 cm³/mol. The molecule has 16 nitrogen and oxygen atoms in total. The first-order valence-corrected chi connectivity index (χ1v) is 22.8. The summed E-state index contributed by atoms with van der Waals surface area (Å²) in [6.07, 6.45) is -0.425. The van der Waals surface area contributed by atoms with Gasteiger partial charge in [0.15, 0.2) is 5.95 Å². The Morgan fingerprint density at radius 1 is 0.828 bits per heavy atom. The number of methoxy groups -OCH3 is 3. The molecule has 0 radical (unpaired) electrons. The van der Waals surface area contributed by atoms with Crippen LogP contribution in [0.4, 0.5) is 10.7 Å². The standard InChI is InChI=1S/C46H49N9O7S2/c1-46(2,3)62-45(56)53-27-36(28-53)63-40-22-20-37(32-13-21-38-39(23-32)49-44(47)48-38)41(43-50-52-55(51-43)26-31-11-18-35(61-6)19-12-31)42(40)64(57,58)54(24-29-7-14-33(59-4)15-8-29)25-30-9-16-34(60-5)17-10-30/h7-23,36H,24-28H2,1-6H3,(H3,47,48,49). The summed E-state index contributed by atoms with van der Waals surface area (Å²) in [4.78, 5) is 24.0. The summed E-state index contributed by atoms with van der Waals surface area (Å²) in [5.74, 6) is 2.34. The van der Waals surface area contributed by atoms with Crippen molar-refractivity contribution in [3.8, 4) is 39.8 Å². The summed E-state index contributed by atoms with van der Waals surface area (Å²) in [5, 5.41) is 13.7. The molecular formula is C46H49N9O7S2. The number of nitrogens with two attached hydrogens (primary N) is 1. The number of amides is 1. The van der Waals surface area contributed by atoms with Crippen molar-refractivity contribution in [2.45, 2.75) is 61.0 Å². The highest BCUT2D eigenvalue weighted by molar-refractivity contribution is 8.00. The van der Waals surface area contributed by atoms with E-state index in [1.807, 2.05) is 99.6 Å². The SMILES string of the molecule is COc1ccc(CN(Cc2ccc(OC)cc2)S(=O)(=O)c2c(SC3CN(C(=O)OC(C)(C)C)C3)ccc(-c3ccc4nc(N)[nH]c4c3)c2-c2nnn(Cc3ccc(OC)cc3)n2)cc1. The summed E-state index contributed by atoms with van der Waals surface area (Å²) in [5.41, 5.74) is 10.5. The number of benzene rings is 5. The number of hydrogen-bond acceptors (Lipinski definition) is 13. The summed E-state index contributed by atoms with van der Waals surface area (Å²) in [7, 11) is 0.292. The summed E-state index contributed by atoms with van der Waals surface area (Å²) >= 11 is 1.38. The van der Waals surface area contributed by atoms with Gasteiger partial charge in [0.25, 0.3) is 0 Å². The van der Waals surface area contributed by atoms with Crippen LogP contribution in [0.15, 0.2) is 113 Å². The Morgan fingerprint density at radius 2 is 1.41 bits per heavy atom. The second kappa shape index (κ2) is 18.2. The number of fused-ring (bicyclic) bond motifs is 1. The van der Waals surface area contributed by atoms with E-state index in [-0.39, 0.29) is 47.1 Å². The molecule has 0 bridgehead atoms. The first kappa shape index (κ1) is 44.0. The van der Waals surface area contributed by atoms with Crippen LogP contribution >= 0.6 is 11.8 Å². The van der Waals surface area contributed by atoms with E-state index in [0.717, 1.165) is 16.7 Å². The van der Waals surface area contributed by atoms with Gasteiger partial charge < -0.3 is 34.6 Å². The molecule has 332 valence electrons. The second-order valence-corrected chi connectivity index (χ2v) is 19.5. The number of imidazole rings is 1. The molecule has 3 N–H and O–H groups in total. The number of tetrazole rings is 1. The van der Waals surface area contributed by atoms with Crippen LogP contribution < -0.4 is 19.9 Å². The third kappa shape index (κ3) is 9.78. The lowest BCUT2D eigenvalue weighted by atomic mass is 9.98. The first-order chi connectivity index (χ1) is 30.7. The number of nitrogen functional groups attached to an aromatic ring is 1. The van der Waals surface area contributed by atoms with Crippen molar-refractivity contribution in [3.63, 3.8) is 0 Å². The number of aromatic nitrogens is 6. The third-order valence-corrected chi connectivity index (χ3v) is 13.8. The minimum Gasteiger partial charge on any atom is -0.497 e. The molecule has 2 aromatic heterocycles. The molecule has 0 aliphatic carbocycles. The van der Waals surface area contributed by atoms with Crippen molar-refractivity contribution >= 4 is 44.9 Å². The smallest absolute Gasteiger partial charge is 0.410 e. The van der Waals surface area contributed by atoms with Crippen LogP contribution in [0, 0.1) is 0 Å². The van der Waals surface area contributed by atoms with Gasteiger partial charge in [0, 0.05) is 36.3 Å². The monoisotopic (exact) mass is 903 g/mol. The van der Waals surface area contributed by atoms with Gasteiger partial charge in [-0.1, -0.05) is 48.5 Å². The first-order valence-electron chi connectivity index (χ1n) is 20.4. The Bertz CT molecular complexity index is 2820. The van der Waals surface area contributed by atoms with Gasteiger partial charge in [-0.2, -0.15) is 9.10 Å². The van der Waals surface area contributed by atoms with Gasteiger partial charge in [0.1, 0.15) is 27.7 Å². The Kier molecular flexibility index (Phi) is 12.5. The minimum atomic E-state index is -4.47. The topological polar surface area (TPSA) is 193 Å². The van der Waals surface area contributed by atoms with E-state index in [1.54, 1.807) is 50.5 Å². The van der Waals surface area contributed by atoms with E-state index in [9.17, 15) is 4.79 Å². The van der Waals surface area contributed by atoms with Crippen molar-refractivity contribution in [1.29, 1.82) is 0 Å². The quantitative estimate of drug-likeness (QED) is 0.102. The molecule has 0 atom stereocenters. The molecule has 7 aromatic rings. The molecule has 1 aliphatic heterocycles. The molecule has 0 spiro atoms. The zero-order valence-corrected chi connectivity index (χ0v) is 37.9. The van der Waals surface area contributed by atoms with Crippen molar-refractivity contribution in [2.75, 3.05) is 40.2 Å². The number of sulfonamides is 1. The molecule has 0 saturated carbocycles. The van der Waals surface area contributed by atoms with Crippen molar-refractivity contribution in [1.82, 2.24) is 39.4 Å². The predicted octanol–water partition coefficient (Wildman–Crippen LogP) is 7.64. The highest BCUT2D eigenvalue weighted by atomic mass is 32.2. The van der Waals surface area contributed by atoms with Crippen LogP contribution in [-0.4, -0.2) is 99.2 Å². The fourth-order valence-corrected chi connectivity index (χ4v) is 10.6. The molecule has 0 unspecified atom stereocenters. The van der Waals surface area contributed by atoms with Crippen LogP contribution in [-0.2, 0) is 34.4 Å². The Balaban J connectivity index is 1.30. The normalized spacial score (nSPS) is 13.3. The molecule has 18 heteroatoms. The summed E-state index contributed by atoms with van der Waals surface area (Å²) in [6.45, 7) is 6.45. The average molecular weight is 904 g/mol. The van der Waals surface area contributed by atoms with E-state index in [2.05, 4.69) is 20.3 Å². The maximum atomic E-state index is 16.0. The number of likely N-dealkylation sites (tertiary alicyclic amines) is 1. The van der Waals surface area contributed by atoms with E-state index in [1.165, 1.54) is 20.9 Å². The molecule has 1 fully saturated rings. The van der Waals surface area contributed by atoms with Gasteiger partial charge in [-0.25, -0.2) is 18.2 Å². The number of ether oxygens (including phenoxy) is 4. The Morgan fingerprint density at radius 3 is 1.97 bits per heavy atom. The van der Waals surface area contributed by atoms with Gasteiger partial charge in [-0.15, -0.1) is 22.0 Å². The molecule has 1 aliphatic rings. The molecular weight excluding hydrogens is 855 g/mol. The number of nitrogens with zero attached hydrogens (tertiary/aromatic N) is 7.